The lowest BCUT2D eigenvalue weighted by Crippen LogP contribution is -2.50. The van der Waals surface area contributed by atoms with Crippen LogP contribution in [0.15, 0.2) is 132 Å². The topological polar surface area (TPSA) is 187 Å². The molecular formula is C38H34ClNO10S. The predicted octanol–water partition coefficient (Wildman–Crippen LogP) is 6.36. The van der Waals surface area contributed by atoms with Gasteiger partial charge in [-0.3, -0.25) is 9.59 Å². The smallest absolute Gasteiger partial charge is 0.376 e. The highest BCUT2D eigenvalue weighted by Crippen LogP contribution is 2.38. The number of carboxylic acids is 2. The summed E-state index contributed by atoms with van der Waals surface area (Å²) < 4.78 is 27.6. The number of carbonyl (C=O) groups is 4. The Balaban J connectivity index is 0.000000251. The summed E-state index contributed by atoms with van der Waals surface area (Å²) in [5.74, 6) is -6.46. The maximum Gasteiger partial charge on any atom is 0.376 e. The van der Waals surface area contributed by atoms with E-state index in [9.17, 15) is 37.8 Å². The molecule has 1 saturated heterocycles. The van der Waals surface area contributed by atoms with Gasteiger partial charge < -0.3 is 20.4 Å². The molecule has 1 heterocycles. The number of aliphatic carboxylic acids is 2. The average molecular weight is 732 g/mol. The van der Waals surface area contributed by atoms with Gasteiger partial charge in [0.25, 0.3) is 5.78 Å². The van der Waals surface area contributed by atoms with Crippen molar-refractivity contribution in [3.8, 4) is 11.1 Å². The molecule has 11 nitrogen and oxygen atoms in total. The quantitative estimate of drug-likeness (QED) is 0.0769. The third kappa shape index (κ3) is 10.0. The lowest BCUT2D eigenvalue weighted by molar-refractivity contribution is -0.146. The molecule has 0 bridgehead atoms. The van der Waals surface area contributed by atoms with E-state index in [1.807, 2.05) is 30.3 Å². The molecule has 1 atom stereocenters. The Morgan fingerprint density at radius 2 is 1.29 bits per heavy atom. The van der Waals surface area contributed by atoms with Crippen LogP contribution in [0.2, 0.25) is 5.02 Å². The van der Waals surface area contributed by atoms with E-state index in [1.165, 1.54) is 16.4 Å². The Morgan fingerprint density at radius 3 is 1.86 bits per heavy atom. The second kappa shape index (κ2) is 16.9. The minimum atomic E-state index is -3.85. The molecule has 1 aliphatic heterocycles. The minimum Gasteiger partial charge on any atom is -0.507 e. The number of rotatable bonds is 11. The van der Waals surface area contributed by atoms with Gasteiger partial charge in [-0.2, -0.15) is 4.31 Å². The van der Waals surface area contributed by atoms with Crippen LogP contribution in [0.1, 0.15) is 24.0 Å². The fraction of sp³-hybridized carbons (Fsp3) is 0.158. The fourth-order valence-electron chi connectivity index (χ4n) is 5.53. The van der Waals surface area contributed by atoms with Crippen LogP contribution in [0.5, 0.6) is 0 Å². The summed E-state index contributed by atoms with van der Waals surface area (Å²) in [7, 11) is -3.85. The van der Waals surface area contributed by atoms with Crippen molar-refractivity contribution in [1.82, 2.24) is 4.31 Å². The molecule has 1 aliphatic rings. The Morgan fingerprint density at radius 1 is 0.725 bits per heavy atom. The van der Waals surface area contributed by atoms with Crippen molar-refractivity contribution in [2.24, 2.45) is 5.41 Å². The van der Waals surface area contributed by atoms with Crippen LogP contribution in [0.4, 0.5) is 0 Å². The van der Waals surface area contributed by atoms with Gasteiger partial charge in [0.1, 0.15) is 5.76 Å². The first kappa shape index (κ1) is 38.2. The molecule has 0 aromatic heterocycles. The molecule has 0 radical (unpaired) electrons. The van der Waals surface area contributed by atoms with E-state index in [1.54, 1.807) is 66.7 Å². The van der Waals surface area contributed by atoms with E-state index in [4.69, 9.17) is 21.8 Å². The summed E-state index contributed by atoms with van der Waals surface area (Å²) in [5, 5.41) is 37.3. The lowest BCUT2D eigenvalue weighted by atomic mass is 9.72. The largest absolute Gasteiger partial charge is 0.507 e. The van der Waals surface area contributed by atoms with Crippen molar-refractivity contribution < 1.29 is 48.0 Å². The molecule has 1 fully saturated rings. The lowest BCUT2D eigenvalue weighted by Gasteiger charge is -2.40. The SMILES string of the molecule is O=C(O)/C(O)=C/C(=O)C1(Cc2ccc(Cl)cc2)CCCN(S(=O)(=O)c2ccccc2)C1.O=C(O)C(=O)C=C(O)c1ccc(-c2ccccc2)cc1. The zero-order valence-corrected chi connectivity index (χ0v) is 28.6. The predicted molar refractivity (Wildman–Crippen MR) is 191 cm³/mol. The van der Waals surface area contributed by atoms with Crippen molar-refractivity contribution in [1.29, 1.82) is 0 Å². The summed E-state index contributed by atoms with van der Waals surface area (Å²) >= 11 is 5.94. The van der Waals surface area contributed by atoms with Crippen molar-refractivity contribution in [2.45, 2.75) is 24.2 Å². The Bertz CT molecular complexity index is 2050. The van der Waals surface area contributed by atoms with Crippen LogP contribution < -0.4 is 0 Å². The number of benzene rings is 4. The van der Waals surface area contributed by atoms with Crippen LogP contribution in [0, 0.1) is 5.41 Å². The second-order valence-electron chi connectivity index (χ2n) is 11.7. The first-order valence-corrected chi connectivity index (χ1v) is 17.4. The second-order valence-corrected chi connectivity index (χ2v) is 14.1. The molecule has 5 rings (SSSR count). The molecule has 1 unspecified atom stereocenters. The Hall–Kier alpha value is -5.56. The van der Waals surface area contributed by atoms with E-state index in [0.717, 1.165) is 16.7 Å². The third-order valence-electron chi connectivity index (χ3n) is 8.15. The highest BCUT2D eigenvalue weighted by atomic mass is 35.5. The summed E-state index contributed by atoms with van der Waals surface area (Å²) in [6, 6.07) is 31.3. The number of hydrogen-bond donors (Lipinski definition) is 4. The highest BCUT2D eigenvalue weighted by molar-refractivity contribution is 7.89. The molecule has 4 N–H and O–H groups in total. The molecule has 13 heteroatoms. The van der Waals surface area contributed by atoms with Crippen LogP contribution in [0.3, 0.4) is 0 Å². The number of ketones is 2. The summed E-state index contributed by atoms with van der Waals surface area (Å²) in [6.07, 6.45) is 2.30. The van der Waals surface area contributed by atoms with Crippen LogP contribution in [0.25, 0.3) is 16.9 Å². The van der Waals surface area contributed by atoms with Gasteiger partial charge in [-0.15, -0.1) is 0 Å². The van der Waals surface area contributed by atoms with E-state index in [-0.39, 0.29) is 30.2 Å². The third-order valence-corrected chi connectivity index (χ3v) is 10.3. The van der Waals surface area contributed by atoms with Gasteiger partial charge in [-0.05, 0) is 60.2 Å². The molecular weight excluding hydrogens is 698 g/mol. The monoisotopic (exact) mass is 731 g/mol. The molecule has 51 heavy (non-hydrogen) atoms. The van der Waals surface area contributed by atoms with Gasteiger partial charge in [-0.1, -0.05) is 96.5 Å². The Kier molecular flexibility index (Phi) is 12.7. The number of sulfonamides is 1. The van der Waals surface area contributed by atoms with Crippen molar-refractivity contribution in [3.63, 3.8) is 0 Å². The maximum atomic E-state index is 13.2. The minimum absolute atomic E-state index is 0.119. The fourth-order valence-corrected chi connectivity index (χ4v) is 7.25. The molecule has 0 amide bonds. The highest BCUT2D eigenvalue weighted by Gasteiger charge is 2.45. The summed E-state index contributed by atoms with van der Waals surface area (Å²) in [4.78, 5) is 45.7. The molecule has 4 aromatic rings. The van der Waals surface area contributed by atoms with Gasteiger partial charge in [0.15, 0.2) is 5.78 Å². The van der Waals surface area contributed by atoms with E-state index >= 15 is 0 Å². The van der Waals surface area contributed by atoms with E-state index in [2.05, 4.69) is 0 Å². The normalized spacial score (nSPS) is 16.7. The Labute approximate surface area is 299 Å². The van der Waals surface area contributed by atoms with Crippen LogP contribution >= 0.6 is 11.6 Å². The molecule has 264 valence electrons. The molecule has 0 saturated carbocycles. The van der Waals surface area contributed by atoms with Crippen molar-refractivity contribution >= 4 is 50.9 Å². The number of carboxylic acid groups (broad SMARTS) is 2. The standard InChI is InChI=1S/C22H22ClNO6S.C16H12O4/c23-17-9-7-16(8-10-17)14-22(20(26)13-19(25)21(27)28)11-4-12-24(15-22)31(29,30)18-5-2-1-3-6-18;17-14(10-15(18)16(19)20)13-8-6-12(7-9-13)11-4-2-1-3-5-11/h1-3,5-10,13,25H,4,11-12,14-15H2,(H,27,28);1-10,17H,(H,19,20)/b19-13-;. The molecule has 4 aromatic carbocycles. The van der Waals surface area contributed by atoms with Gasteiger partial charge in [0.2, 0.25) is 15.8 Å². The number of aliphatic hydroxyl groups excluding tert-OH is 2. The van der Waals surface area contributed by atoms with Gasteiger partial charge in [0.05, 0.1) is 10.3 Å². The maximum absolute atomic E-state index is 13.2. The molecule has 0 aliphatic carbocycles. The number of allylic oxidation sites excluding steroid dienone is 1. The van der Waals surface area contributed by atoms with Crippen molar-refractivity contribution in [2.75, 3.05) is 13.1 Å². The van der Waals surface area contributed by atoms with Crippen molar-refractivity contribution in [3.05, 3.63) is 143 Å². The number of nitrogens with zero attached hydrogens (tertiary/aromatic N) is 1. The number of carbonyl (C=O) groups excluding carboxylic acids is 2. The zero-order chi connectivity index (χ0) is 37.2. The number of piperidine rings is 1. The van der Waals surface area contributed by atoms with E-state index < -0.39 is 44.7 Å². The molecule has 0 spiro atoms. The van der Waals surface area contributed by atoms with Crippen LogP contribution in [-0.4, -0.2) is 69.7 Å². The van der Waals surface area contributed by atoms with Gasteiger partial charge in [0, 0.05) is 35.8 Å². The van der Waals surface area contributed by atoms with Gasteiger partial charge >= 0.3 is 11.9 Å². The first-order chi connectivity index (χ1) is 24.2. The number of hydrogen-bond acceptors (Lipinski definition) is 8. The first-order valence-electron chi connectivity index (χ1n) is 15.5. The number of aliphatic hydroxyl groups is 2. The average Bonchev–Trinajstić information content (AvgIpc) is 3.13. The zero-order valence-electron chi connectivity index (χ0n) is 27.1. The van der Waals surface area contributed by atoms with Crippen LogP contribution in [-0.2, 0) is 35.6 Å². The van der Waals surface area contributed by atoms with E-state index in [0.29, 0.717) is 35.6 Å². The van der Waals surface area contributed by atoms with Gasteiger partial charge in [-0.25, -0.2) is 18.0 Å². The number of halogens is 1. The summed E-state index contributed by atoms with van der Waals surface area (Å²) in [5.41, 5.74) is 1.91. The summed E-state index contributed by atoms with van der Waals surface area (Å²) in [6.45, 7) is 0.108.